The molecule has 2 atom stereocenters. The molecule has 0 bridgehead atoms. The van der Waals surface area contributed by atoms with E-state index in [0.29, 0.717) is 25.2 Å². The van der Waals surface area contributed by atoms with Gasteiger partial charge < -0.3 is 20.5 Å². The molecule has 1 amide bonds. The molecule has 3 N–H and O–H groups in total. The Morgan fingerprint density at radius 2 is 2.10 bits per heavy atom. The normalized spacial score (nSPS) is 21.5. The summed E-state index contributed by atoms with van der Waals surface area (Å²) in [6.45, 7) is -1.21. The third-order valence-corrected chi connectivity index (χ3v) is 3.38. The van der Waals surface area contributed by atoms with Crippen molar-refractivity contribution in [2.24, 2.45) is 5.92 Å². The third-order valence-electron chi connectivity index (χ3n) is 3.38. The summed E-state index contributed by atoms with van der Waals surface area (Å²) < 4.78 is 28.2. The number of alkyl halides is 2. The summed E-state index contributed by atoms with van der Waals surface area (Å²) in [6, 6.07) is 5.95. The Kier molecular flexibility index (Phi) is 5.46. The highest BCUT2D eigenvalue weighted by atomic mass is 19.3. The second-order valence-electron chi connectivity index (χ2n) is 4.99. The van der Waals surface area contributed by atoms with Gasteiger partial charge in [-0.2, -0.15) is 8.78 Å². The topological polar surface area (TPSA) is 70.6 Å². The highest BCUT2D eigenvalue weighted by Gasteiger charge is 2.24. The van der Waals surface area contributed by atoms with Gasteiger partial charge >= 0.3 is 6.61 Å². The minimum atomic E-state index is -2.86. The van der Waals surface area contributed by atoms with Crippen LogP contribution in [0.25, 0.3) is 0 Å². The van der Waals surface area contributed by atoms with Crippen LogP contribution >= 0.6 is 0 Å². The zero-order valence-electron chi connectivity index (χ0n) is 11.4. The van der Waals surface area contributed by atoms with Crippen molar-refractivity contribution < 1.29 is 23.4 Å². The SMILES string of the molecule is O=C(Cc1ccc(OC(F)F)cc1)NCC1CNCC1O. The molecule has 2 rings (SSSR count). The van der Waals surface area contributed by atoms with Gasteiger partial charge in [0.25, 0.3) is 0 Å². The van der Waals surface area contributed by atoms with E-state index < -0.39 is 12.7 Å². The maximum atomic E-state index is 12.0. The van der Waals surface area contributed by atoms with Crippen LogP contribution in [0.4, 0.5) is 8.78 Å². The number of aliphatic hydroxyl groups is 1. The second kappa shape index (κ2) is 7.33. The number of rotatable bonds is 6. The number of hydrogen-bond acceptors (Lipinski definition) is 4. The number of halogens is 2. The van der Waals surface area contributed by atoms with E-state index in [2.05, 4.69) is 15.4 Å². The van der Waals surface area contributed by atoms with Gasteiger partial charge in [0.1, 0.15) is 5.75 Å². The van der Waals surface area contributed by atoms with Gasteiger partial charge in [-0.05, 0) is 17.7 Å². The molecule has 1 fully saturated rings. The molecular weight excluding hydrogens is 282 g/mol. The monoisotopic (exact) mass is 300 g/mol. The summed E-state index contributed by atoms with van der Waals surface area (Å²) in [5, 5.41) is 15.4. The largest absolute Gasteiger partial charge is 0.435 e. The number of carbonyl (C=O) groups is 1. The number of β-amino-alcohol motifs (C(OH)–C–C–N with tert-alkyl or cyclic N) is 1. The fraction of sp³-hybridized carbons (Fsp3) is 0.500. The Labute approximate surface area is 121 Å². The zero-order valence-corrected chi connectivity index (χ0v) is 11.4. The van der Waals surface area contributed by atoms with Gasteiger partial charge in [-0.25, -0.2) is 0 Å². The van der Waals surface area contributed by atoms with Gasteiger partial charge in [-0.1, -0.05) is 12.1 Å². The molecule has 1 aromatic rings. The van der Waals surface area contributed by atoms with E-state index >= 15 is 0 Å². The molecule has 1 aliphatic heterocycles. The average Bonchev–Trinajstić information content (AvgIpc) is 2.84. The molecule has 1 aromatic carbocycles. The number of ether oxygens (including phenoxy) is 1. The first-order valence-electron chi connectivity index (χ1n) is 6.74. The Bertz CT molecular complexity index is 468. The number of aliphatic hydroxyl groups excluding tert-OH is 1. The smallest absolute Gasteiger partial charge is 0.387 e. The Morgan fingerprint density at radius 3 is 2.67 bits per heavy atom. The minimum Gasteiger partial charge on any atom is -0.435 e. The van der Waals surface area contributed by atoms with Crippen LogP contribution in [0.5, 0.6) is 5.75 Å². The quantitative estimate of drug-likeness (QED) is 0.716. The minimum absolute atomic E-state index is 0.0239. The summed E-state index contributed by atoms with van der Waals surface area (Å²) in [7, 11) is 0. The van der Waals surface area contributed by atoms with E-state index in [1.54, 1.807) is 12.1 Å². The number of carbonyl (C=O) groups excluding carboxylic acids is 1. The van der Waals surface area contributed by atoms with Crippen LogP contribution in [0, 0.1) is 5.92 Å². The maximum Gasteiger partial charge on any atom is 0.387 e. The van der Waals surface area contributed by atoms with Crippen LogP contribution in [-0.2, 0) is 11.2 Å². The highest BCUT2D eigenvalue weighted by Crippen LogP contribution is 2.15. The van der Waals surface area contributed by atoms with E-state index in [1.807, 2.05) is 0 Å². The molecule has 0 aromatic heterocycles. The van der Waals surface area contributed by atoms with Gasteiger partial charge in [-0.3, -0.25) is 4.79 Å². The molecule has 2 unspecified atom stereocenters. The number of amides is 1. The fourth-order valence-electron chi connectivity index (χ4n) is 2.21. The summed E-state index contributed by atoms with van der Waals surface area (Å²) >= 11 is 0. The molecule has 116 valence electrons. The summed E-state index contributed by atoms with van der Waals surface area (Å²) in [4.78, 5) is 11.8. The molecule has 0 spiro atoms. The number of hydrogen-bond donors (Lipinski definition) is 3. The van der Waals surface area contributed by atoms with E-state index in [1.165, 1.54) is 12.1 Å². The predicted molar refractivity (Wildman–Crippen MR) is 72.2 cm³/mol. The van der Waals surface area contributed by atoms with Crippen LogP contribution < -0.4 is 15.4 Å². The predicted octanol–water partition coefficient (Wildman–Crippen LogP) is 0.527. The first-order chi connectivity index (χ1) is 10.0. The van der Waals surface area contributed by atoms with Crippen LogP contribution in [0.2, 0.25) is 0 Å². The van der Waals surface area contributed by atoms with Crippen molar-refractivity contribution in [3.8, 4) is 5.75 Å². The van der Waals surface area contributed by atoms with Crippen LogP contribution in [-0.4, -0.2) is 43.4 Å². The summed E-state index contributed by atoms with van der Waals surface area (Å²) in [5.41, 5.74) is 0.708. The Balaban J connectivity index is 1.77. The van der Waals surface area contributed by atoms with Crippen molar-refractivity contribution in [1.29, 1.82) is 0 Å². The molecule has 1 aliphatic rings. The van der Waals surface area contributed by atoms with Gasteiger partial charge in [0.15, 0.2) is 0 Å². The molecule has 7 heteroatoms. The van der Waals surface area contributed by atoms with Crippen molar-refractivity contribution in [3.63, 3.8) is 0 Å². The fourth-order valence-corrected chi connectivity index (χ4v) is 2.21. The molecule has 0 radical (unpaired) electrons. The lowest BCUT2D eigenvalue weighted by molar-refractivity contribution is -0.120. The first kappa shape index (κ1) is 15.7. The summed E-state index contributed by atoms with van der Waals surface area (Å²) in [5.74, 6) is -0.0818. The van der Waals surface area contributed by atoms with Crippen LogP contribution in [0.15, 0.2) is 24.3 Å². The van der Waals surface area contributed by atoms with E-state index in [0.717, 1.165) is 0 Å². The second-order valence-corrected chi connectivity index (χ2v) is 4.99. The van der Waals surface area contributed by atoms with Gasteiger partial charge in [0.05, 0.1) is 12.5 Å². The van der Waals surface area contributed by atoms with Crippen molar-refractivity contribution >= 4 is 5.91 Å². The standard InChI is InChI=1S/C14H18F2N2O3/c15-14(16)21-11-3-1-9(2-4-11)5-13(20)18-7-10-6-17-8-12(10)19/h1-4,10,12,14,17,19H,5-8H2,(H,18,20). The first-order valence-corrected chi connectivity index (χ1v) is 6.74. The van der Waals surface area contributed by atoms with Crippen molar-refractivity contribution in [2.75, 3.05) is 19.6 Å². The number of nitrogens with one attached hydrogen (secondary N) is 2. The van der Waals surface area contributed by atoms with Gasteiger partial charge in [0.2, 0.25) is 5.91 Å². The molecule has 0 saturated carbocycles. The lowest BCUT2D eigenvalue weighted by atomic mass is 10.1. The van der Waals surface area contributed by atoms with Crippen molar-refractivity contribution in [1.82, 2.24) is 10.6 Å². The van der Waals surface area contributed by atoms with E-state index in [-0.39, 0.29) is 24.0 Å². The average molecular weight is 300 g/mol. The molecule has 1 heterocycles. The zero-order chi connectivity index (χ0) is 15.2. The van der Waals surface area contributed by atoms with Crippen LogP contribution in [0.1, 0.15) is 5.56 Å². The van der Waals surface area contributed by atoms with Crippen molar-refractivity contribution in [2.45, 2.75) is 19.1 Å². The highest BCUT2D eigenvalue weighted by molar-refractivity contribution is 5.78. The molecule has 1 saturated heterocycles. The van der Waals surface area contributed by atoms with Gasteiger partial charge in [0, 0.05) is 25.6 Å². The lowest BCUT2D eigenvalue weighted by Crippen LogP contribution is -2.35. The van der Waals surface area contributed by atoms with Crippen molar-refractivity contribution in [3.05, 3.63) is 29.8 Å². The molecule has 21 heavy (non-hydrogen) atoms. The molecule has 0 aliphatic carbocycles. The maximum absolute atomic E-state index is 12.0. The number of benzene rings is 1. The van der Waals surface area contributed by atoms with E-state index in [9.17, 15) is 18.7 Å². The van der Waals surface area contributed by atoms with Gasteiger partial charge in [-0.15, -0.1) is 0 Å². The third kappa shape index (κ3) is 4.95. The Hall–Kier alpha value is -1.73. The van der Waals surface area contributed by atoms with Crippen LogP contribution in [0.3, 0.4) is 0 Å². The van der Waals surface area contributed by atoms with E-state index in [4.69, 9.17) is 0 Å². The Morgan fingerprint density at radius 1 is 1.38 bits per heavy atom. The molecule has 5 nitrogen and oxygen atoms in total. The molecular formula is C14H18F2N2O3. The lowest BCUT2D eigenvalue weighted by Gasteiger charge is -2.14. The summed E-state index contributed by atoms with van der Waals surface area (Å²) in [6.07, 6.45) is -0.276.